The van der Waals surface area contributed by atoms with Crippen LogP contribution in [0, 0.1) is 5.92 Å². The quantitative estimate of drug-likeness (QED) is 0.816. The average Bonchev–Trinajstić information content (AvgIpc) is 2.82. The number of sulfone groups is 1. The molecule has 1 aliphatic heterocycles. The van der Waals surface area contributed by atoms with Crippen LogP contribution in [0.4, 0.5) is 10.6 Å². The lowest BCUT2D eigenvalue weighted by atomic mass is 10.1. The first-order valence-corrected chi connectivity index (χ1v) is 9.02. The lowest BCUT2D eigenvalue weighted by Gasteiger charge is -2.13. The summed E-state index contributed by atoms with van der Waals surface area (Å²) >= 11 is 0. The maximum Gasteiger partial charge on any atom is 0.315 e. The number of urea groups is 1. The zero-order chi connectivity index (χ0) is 16.2. The van der Waals surface area contributed by atoms with E-state index >= 15 is 0 Å². The number of amides is 2. The molecule has 2 heterocycles. The average molecular weight is 326 g/mol. The minimum Gasteiger partial charge on any atom is -0.363 e. The Morgan fingerprint density at radius 2 is 2.18 bits per heavy atom. The monoisotopic (exact) mass is 326 g/mol. The Bertz CT molecular complexity index is 631. The number of anilines is 1. The van der Waals surface area contributed by atoms with Crippen LogP contribution in [0.1, 0.15) is 12.0 Å². The van der Waals surface area contributed by atoms with E-state index in [1.807, 2.05) is 31.1 Å². The highest BCUT2D eigenvalue weighted by atomic mass is 32.2. The van der Waals surface area contributed by atoms with Crippen molar-refractivity contribution in [2.75, 3.05) is 37.0 Å². The molecule has 0 spiro atoms. The van der Waals surface area contributed by atoms with Crippen LogP contribution in [0.5, 0.6) is 0 Å². The molecule has 0 radical (unpaired) electrons. The van der Waals surface area contributed by atoms with Gasteiger partial charge >= 0.3 is 6.03 Å². The number of carbonyl (C=O) groups is 1. The molecule has 2 rings (SSSR count). The maximum atomic E-state index is 11.8. The van der Waals surface area contributed by atoms with Gasteiger partial charge in [-0.1, -0.05) is 0 Å². The lowest BCUT2D eigenvalue weighted by Crippen LogP contribution is -2.38. The second kappa shape index (κ2) is 6.95. The van der Waals surface area contributed by atoms with Crippen molar-refractivity contribution in [1.82, 2.24) is 15.6 Å². The fourth-order valence-electron chi connectivity index (χ4n) is 2.33. The molecule has 0 unspecified atom stereocenters. The van der Waals surface area contributed by atoms with E-state index in [0.717, 1.165) is 11.4 Å². The molecule has 8 heteroatoms. The van der Waals surface area contributed by atoms with E-state index in [2.05, 4.69) is 15.6 Å². The van der Waals surface area contributed by atoms with E-state index in [1.165, 1.54) is 0 Å². The summed E-state index contributed by atoms with van der Waals surface area (Å²) in [6, 6.07) is 3.47. The van der Waals surface area contributed by atoms with Crippen LogP contribution in [0.3, 0.4) is 0 Å². The third kappa shape index (κ3) is 4.87. The number of nitrogens with zero attached hydrogens (tertiary/aromatic N) is 2. The van der Waals surface area contributed by atoms with Gasteiger partial charge in [0.25, 0.3) is 0 Å². The third-order valence-corrected chi connectivity index (χ3v) is 5.44. The minimum absolute atomic E-state index is 0.0250. The molecule has 0 saturated carbocycles. The number of pyridine rings is 1. The van der Waals surface area contributed by atoms with E-state index < -0.39 is 9.84 Å². The maximum absolute atomic E-state index is 11.8. The van der Waals surface area contributed by atoms with Gasteiger partial charge in [0.05, 0.1) is 11.5 Å². The summed E-state index contributed by atoms with van der Waals surface area (Å²) in [6.45, 7) is 0.794. The van der Waals surface area contributed by atoms with Gasteiger partial charge in [0, 0.05) is 33.4 Å². The molecule has 0 bridgehead atoms. The molecule has 1 aromatic heterocycles. The molecule has 1 fully saturated rings. The van der Waals surface area contributed by atoms with E-state index in [9.17, 15) is 13.2 Å². The van der Waals surface area contributed by atoms with Crippen molar-refractivity contribution in [2.45, 2.75) is 13.0 Å². The summed E-state index contributed by atoms with van der Waals surface area (Å²) in [5.74, 6) is 1.25. The molecule has 2 amide bonds. The number of carbonyl (C=O) groups excluding carboxylic acids is 1. The van der Waals surface area contributed by atoms with Crippen LogP contribution in [-0.2, 0) is 16.4 Å². The highest BCUT2D eigenvalue weighted by molar-refractivity contribution is 7.91. The molecule has 0 aliphatic carbocycles. The molecule has 1 saturated heterocycles. The molecular formula is C14H22N4O3S. The lowest BCUT2D eigenvalue weighted by molar-refractivity contribution is 0.239. The normalized spacial score (nSPS) is 19.6. The zero-order valence-corrected chi connectivity index (χ0v) is 13.7. The summed E-state index contributed by atoms with van der Waals surface area (Å²) in [5.41, 5.74) is 0.956. The van der Waals surface area contributed by atoms with Crippen molar-refractivity contribution < 1.29 is 13.2 Å². The van der Waals surface area contributed by atoms with Gasteiger partial charge in [-0.05, 0) is 30.0 Å². The third-order valence-electron chi connectivity index (χ3n) is 3.60. The van der Waals surface area contributed by atoms with Crippen LogP contribution >= 0.6 is 0 Å². The van der Waals surface area contributed by atoms with Crippen molar-refractivity contribution in [2.24, 2.45) is 5.92 Å². The van der Waals surface area contributed by atoms with Gasteiger partial charge in [-0.2, -0.15) is 0 Å². The van der Waals surface area contributed by atoms with Gasteiger partial charge in [0.1, 0.15) is 5.82 Å². The summed E-state index contributed by atoms with van der Waals surface area (Å²) < 4.78 is 22.7. The predicted molar refractivity (Wildman–Crippen MR) is 85.6 cm³/mol. The molecule has 2 N–H and O–H groups in total. The minimum atomic E-state index is -2.89. The van der Waals surface area contributed by atoms with Crippen LogP contribution in [0.2, 0.25) is 0 Å². The second-order valence-corrected chi connectivity index (χ2v) is 7.98. The summed E-state index contributed by atoms with van der Waals surface area (Å²) in [6.07, 6.45) is 2.33. The predicted octanol–water partition coefficient (Wildman–Crippen LogP) is 0.382. The Labute approximate surface area is 131 Å². The molecular weight excluding hydrogens is 304 g/mol. The molecule has 1 aliphatic rings. The molecule has 22 heavy (non-hydrogen) atoms. The highest BCUT2D eigenvalue weighted by Gasteiger charge is 2.27. The van der Waals surface area contributed by atoms with E-state index in [0.29, 0.717) is 19.5 Å². The van der Waals surface area contributed by atoms with Gasteiger partial charge in [-0.15, -0.1) is 0 Å². The molecule has 0 aromatic carbocycles. The van der Waals surface area contributed by atoms with Crippen molar-refractivity contribution >= 4 is 21.7 Å². The number of aromatic nitrogens is 1. The Morgan fingerprint density at radius 1 is 1.41 bits per heavy atom. The van der Waals surface area contributed by atoms with Crippen molar-refractivity contribution in [1.29, 1.82) is 0 Å². The van der Waals surface area contributed by atoms with Crippen LogP contribution in [-0.4, -0.2) is 51.6 Å². The Balaban J connectivity index is 1.75. The standard InChI is InChI=1S/C14H22N4O3S/c1-18(2)13-7-11(3-5-15-13)8-16-14(19)17-9-12-4-6-22(20,21)10-12/h3,5,7,12H,4,6,8-10H2,1-2H3,(H2,16,17,19)/t12-/m0/s1. The second-order valence-electron chi connectivity index (χ2n) is 5.75. The Morgan fingerprint density at radius 3 is 2.82 bits per heavy atom. The Hall–Kier alpha value is -1.83. The fraction of sp³-hybridized carbons (Fsp3) is 0.571. The van der Waals surface area contributed by atoms with Gasteiger partial charge in [0.2, 0.25) is 0 Å². The molecule has 1 atom stereocenters. The van der Waals surface area contributed by atoms with Gasteiger partial charge < -0.3 is 15.5 Å². The first-order chi connectivity index (χ1) is 10.4. The number of hydrogen-bond donors (Lipinski definition) is 2. The first-order valence-electron chi connectivity index (χ1n) is 7.20. The highest BCUT2D eigenvalue weighted by Crippen LogP contribution is 2.17. The van der Waals surface area contributed by atoms with Gasteiger partial charge in [-0.25, -0.2) is 18.2 Å². The molecule has 122 valence electrons. The fourth-order valence-corrected chi connectivity index (χ4v) is 4.19. The van der Waals surface area contributed by atoms with Crippen LogP contribution in [0.25, 0.3) is 0 Å². The Kier molecular flexibility index (Phi) is 5.23. The van der Waals surface area contributed by atoms with Crippen LogP contribution in [0.15, 0.2) is 18.3 Å². The van der Waals surface area contributed by atoms with E-state index in [1.54, 1.807) is 6.20 Å². The van der Waals surface area contributed by atoms with E-state index in [-0.39, 0.29) is 23.5 Å². The summed E-state index contributed by atoms with van der Waals surface area (Å²) in [5, 5.41) is 5.49. The molecule has 1 aromatic rings. The van der Waals surface area contributed by atoms with Crippen molar-refractivity contribution in [3.8, 4) is 0 Å². The smallest absolute Gasteiger partial charge is 0.315 e. The molecule has 7 nitrogen and oxygen atoms in total. The topological polar surface area (TPSA) is 91.4 Å². The zero-order valence-electron chi connectivity index (χ0n) is 12.9. The van der Waals surface area contributed by atoms with Crippen molar-refractivity contribution in [3.05, 3.63) is 23.9 Å². The summed E-state index contributed by atoms with van der Waals surface area (Å²) in [4.78, 5) is 17.9. The largest absolute Gasteiger partial charge is 0.363 e. The van der Waals surface area contributed by atoms with Crippen molar-refractivity contribution in [3.63, 3.8) is 0 Å². The first kappa shape index (κ1) is 16.5. The van der Waals surface area contributed by atoms with Gasteiger partial charge in [0.15, 0.2) is 9.84 Å². The van der Waals surface area contributed by atoms with Crippen LogP contribution < -0.4 is 15.5 Å². The number of nitrogens with one attached hydrogen (secondary N) is 2. The van der Waals surface area contributed by atoms with E-state index in [4.69, 9.17) is 0 Å². The number of rotatable bonds is 5. The SMILES string of the molecule is CN(C)c1cc(CNC(=O)NC[C@@H]2CCS(=O)(=O)C2)ccn1. The number of hydrogen-bond acceptors (Lipinski definition) is 5. The summed E-state index contributed by atoms with van der Waals surface area (Å²) in [7, 11) is 0.914. The van der Waals surface area contributed by atoms with Gasteiger partial charge in [-0.3, -0.25) is 0 Å².